The first-order chi connectivity index (χ1) is 41.2. The van der Waals surface area contributed by atoms with Gasteiger partial charge in [0.05, 0.1) is 11.0 Å². The van der Waals surface area contributed by atoms with Crippen molar-refractivity contribution in [2.75, 3.05) is 0 Å². The van der Waals surface area contributed by atoms with Crippen LogP contribution in [0.1, 0.15) is 27.8 Å². The van der Waals surface area contributed by atoms with Crippen LogP contribution in [0.15, 0.2) is 280 Å². The third-order valence-corrected chi connectivity index (χ3v) is 14.4. The number of aryl methyl sites for hydroxylation is 5. The zero-order valence-electron chi connectivity index (χ0n) is 49.1. The second kappa shape index (κ2) is 32.8. The summed E-state index contributed by atoms with van der Waals surface area (Å²) in [6.45, 7) is 10.3. The molecule has 9 aromatic carbocycles. The third-order valence-electron chi connectivity index (χ3n) is 14.4. The second-order valence-corrected chi connectivity index (χ2v) is 20.8. The average molecular weight is 1850 g/mol. The van der Waals surface area contributed by atoms with Crippen LogP contribution in [-0.2, 0) is 80.4 Å². The molecule has 0 aliphatic heterocycles. The summed E-state index contributed by atoms with van der Waals surface area (Å²) >= 11 is 0. The van der Waals surface area contributed by atoms with Crippen LogP contribution in [0.2, 0.25) is 0 Å². The van der Waals surface area contributed by atoms with Crippen molar-refractivity contribution in [3.05, 3.63) is 332 Å². The fraction of sp³-hybridized carbons (Fsp3) is 0.0633. The van der Waals surface area contributed by atoms with Gasteiger partial charge in [-0.25, -0.2) is 0 Å². The van der Waals surface area contributed by atoms with Gasteiger partial charge in [0.25, 0.3) is 0 Å². The fourth-order valence-corrected chi connectivity index (χ4v) is 9.93. The Bertz CT molecular complexity index is 4350. The van der Waals surface area contributed by atoms with Gasteiger partial charge >= 0.3 is 0 Å². The molecule has 0 spiro atoms. The maximum absolute atomic E-state index is 4.65. The number of nitrogens with zero attached hydrogens (tertiary/aromatic N) is 5. The molecule has 88 heavy (non-hydrogen) atoms. The molecule has 0 aliphatic rings. The molecule has 0 fully saturated rings. The predicted molar refractivity (Wildman–Crippen MR) is 348 cm³/mol. The summed E-state index contributed by atoms with van der Waals surface area (Å²) < 4.78 is 2.36. The number of hydrogen-bond donors (Lipinski definition) is 0. The summed E-state index contributed by atoms with van der Waals surface area (Å²) in [6, 6.07) is 101. The number of fused-ring (bicyclic) bond motifs is 3. The van der Waals surface area contributed by atoms with Crippen molar-refractivity contribution < 1.29 is 80.4 Å². The van der Waals surface area contributed by atoms with Crippen LogP contribution in [0.3, 0.4) is 0 Å². The van der Waals surface area contributed by atoms with E-state index < -0.39 is 0 Å². The van der Waals surface area contributed by atoms with Gasteiger partial charge in [0.15, 0.2) is 0 Å². The summed E-state index contributed by atoms with van der Waals surface area (Å²) in [5, 5.41) is 2.48. The molecule has 5 aromatic heterocycles. The quantitative estimate of drug-likeness (QED) is 0.142. The Morgan fingerprint density at radius 2 is 0.693 bits per heavy atom. The van der Waals surface area contributed by atoms with Crippen LogP contribution in [-0.4, -0.2) is 24.5 Å². The molecule has 14 aromatic rings. The monoisotopic (exact) mass is 1850 g/mol. The van der Waals surface area contributed by atoms with Crippen molar-refractivity contribution in [3.8, 4) is 84.1 Å². The Hall–Kier alpha value is -8.02. The number of rotatable bonds is 8. The van der Waals surface area contributed by atoms with Gasteiger partial charge < -0.3 is 24.5 Å². The molecule has 0 aliphatic carbocycles. The Balaban J connectivity index is 0.000000185. The molecule has 0 amide bonds. The summed E-state index contributed by atoms with van der Waals surface area (Å²) in [4.78, 5) is 17.7. The first-order valence-electron chi connectivity index (χ1n) is 28.1. The molecule has 0 saturated heterocycles. The van der Waals surface area contributed by atoms with Gasteiger partial charge in [-0.15, -0.1) is 137 Å². The Morgan fingerprint density at radius 1 is 0.273 bits per heavy atom. The molecular formula is C79H61Ir4N5-4. The number of aromatic nitrogens is 5. The minimum Gasteiger partial charge on any atom is -0.327 e. The van der Waals surface area contributed by atoms with E-state index in [1.54, 1.807) is 0 Å². The first kappa shape index (κ1) is 67.5. The van der Waals surface area contributed by atoms with Crippen molar-refractivity contribution in [1.82, 2.24) is 24.5 Å². The van der Waals surface area contributed by atoms with Gasteiger partial charge in [-0.3, -0.25) is 0 Å². The van der Waals surface area contributed by atoms with E-state index in [2.05, 4.69) is 252 Å². The normalized spacial score (nSPS) is 10.2. The Morgan fingerprint density at radius 3 is 1.15 bits per heavy atom. The smallest absolute Gasteiger partial charge is 0.0524 e. The SMILES string of the molecule is Cc1ccc(-c2[c-]ccc(-n3c4ccc(-c5ccccc5)cc4c4cc(-c5ccccc5)ccc43)c2)nc1.Cc1ccc(-c2[c-]ccc(C)c2)nc1.Cc1ccc(-c2[c-]cccc2)nc1.Cc1ccnc(-c2[c-]ccc(-c3ccccc3)c2)c1.[Ir].[Ir].[Ir].[Ir]. The summed E-state index contributed by atoms with van der Waals surface area (Å²) in [5.74, 6) is 0. The molecule has 0 N–H and O–H groups in total. The van der Waals surface area contributed by atoms with E-state index >= 15 is 0 Å². The molecular weight excluding hydrogens is 1790 g/mol. The van der Waals surface area contributed by atoms with E-state index in [1.165, 1.54) is 77.4 Å². The van der Waals surface area contributed by atoms with Crippen LogP contribution in [0.25, 0.3) is 106 Å². The molecule has 0 saturated carbocycles. The van der Waals surface area contributed by atoms with E-state index in [0.29, 0.717) is 0 Å². The van der Waals surface area contributed by atoms with E-state index in [9.17, 15) is 0 Å². The van der Waals surface area contributed by atoms with Crippen LogP contribution in [0, 0.1) is 58.9 Å². The van der Waals surface area contributed by atoms with Crippen molar-refractivity contribution in [3.63, 3.8) is 0 Å². The largest absolute Gasteiger partial charge is 0.327 e. The maximum Gasteiger partial charge on any atom is 0.0524 e. The molecule has 9 heteroatoms. The zero-order valence-corrected chi connectivity index (χ0v) is 58.7. The summed E-state index contributed by atoms with van der Waals surface area (Å²) in [5.41, 5.74) is 24.7. The zero-order chi connectivity index (χ0) is 57.6. The number of hydrogen-bond acceptors (Lipinski definition) is 4. The minimum absolute atomic E-state index is 0. The van der Waals surface area contributed by atoms with Gasteiger partial charge in [0, 0.05) is 116 Å². The van der Waals surface area contributed by atoms with Crippen molar-refractivity contribution in [2.45, 2.75) is 34.6 Å². The standard InChI is InChI=1S/C36H25N2.C18H14N.C13H12N.C12H10N.4Ir/c1-25-15-18-34(37-24-25)30-13-8-14-31(21-30)38-35-19-16-28(26-9-4-2-5-10-26)22-32(35)33-23-29(17-20-36(33)38)27-11-6-3-7-12-27;1-14-10-11-19-18(12-14)17-9-5-8-16(13-17)15-6-3-2-4-7-15;1-10-4-3-5-12(8-10)13-7-6-11(2)9-14-13;1-10-7-8-12(13-9-10)11-5-3-2-4-6-11;;;;/h2-12,14-24H,1H3;2-8,10-13H,1H3;3-4,6-9H,1-2H3;2-5,7-9H,1H3;;;;/q4*-1;;;;. The van der Waals surface area contributed by atoms with Crippen LogP contribution < -0.4 is 0 Å². The molecule has 442 valence electrons. The van der Waals surface area contributed by atoms with Gasteiger partial charge in [0.2, 0.25) is 0 Å². The molecule has 0 bridgehead atoms. The topological polar surface area (TPSA) is 56.5 Å². The van der Waals surface area contributed by atoms with Crippen LogP contribution in [0.5, 0.6) is 0 Å². The molecule has 0 atom stereocenters. The molecule has 5 heterocycles. The van der Waals surface area contributed by atoms with E-state index in [-0.39, 0.29) is 80.4 Å². The summed E-state index contributed by atoms with van der Waals surface area (Å²) in [6.07, 6.45) is 7.50. The minimum atomic E-state index is 0. The van der Waals surface area contributed by atoms with E-state index in [0.717, 1.165) is 56.3 Å². The number of pyridine rings is 4. The average Bonchev–Trinajstić information content (AvgIpc) is 1.89. The number of benzene rings is 9. The fourth-order valence-electron chi connectivity index (χ4n) is 9.93. The Kier molecular flexibility index (Phi) is 25.2. The van der Waals surface area contributed by atoms with Crippen molar-refractivity contribution >= 4 is 21.8 Å². The molecule has 0 unspecified atom stereocenters. The van der Waals surface area contributed by atoms with E-state index in [4.69, 9.17) is 0 Å². The van der Waals surface area contributed by atoms with Gasteiger partial charge in [-0.1, -0.05) is 158 Å². The molecule has 14 rings (SSSR count). The van der Waals surface area contributed by atoms with Crippen LogP contribution in [0.4, 0.5) is 0 Å². The molecule has 4 radical (unpaired) electrons. The van der Waals surface area contributed by atoms with Gasteiger partial charge in [-0.2, -0.15) is 0 Å². The summed E-state index contributed by atoms with van der Waals surface area (Å²) in [7, 11) is 0. The van der Waals surface area contributed by atoms with Gasteiger partial charge in [-0.05, 0) is 131 Å². The first-order valence-corrected chi connectivity index (χ1v) is 28.1. The van der Waals surface area contributed by atoms with Gasteiger partial charge in [0.1, 0.15) is 0 Å². The van der Waals surface area contributed by atoms with E-state index in [1.807, 2.05) is 111 Å². The molecule has 5 nitrogen and oxygen atoms in total. The third kappa shape index (κ3) is 17.2. The second-order valence-electron chi connectivity index (χ2n) is 20.8. The Labute approximate surface area is 571 Å². The maximum atomic E-state index is 4.65. The van der Waals surface area contributed by atoms with Crippen LogP contribution >= 0.6 is 0 Å². The van der Waals surface area contributed by atoms with Crippen molar-refractivity contribution in [2.24, 2.45) is 0 Å². The predicted octanol–water partition coefficient (Wildman–Crippen LogP) is 19.8. The van der Waals surface area contributed by atoms with Crippen molar-refractivity contribution in [1.29, 1.82) is 0 Å².